The number of hydrogen-bond donors (Lipinski definition) is 3. The molecule has 1 aromatic carbocycles. The summed E-state index contributed by atoms with van der Waals surface area (Å²) in [7, 11) is 0. The van der Waals surface area contributed by atoms with Crippen molar-refractivity contribution in [2.24, 2.45) is 23.5 Å². The number of primary amides is 1. The molecule has 4 aliphatic carbocycles. The van der Waals surface area contributed by atoms with Crippen LogP contribution in [0.2, 0.25) is 0 Å². The largest absolute Gasteiger partial charge is 0.411 e. The molecule has 4 fully saturated rings. The number of hydroxylamine groups is 1. The highest BCUT2D eigenvalue weighted by atomic mass is 32.1. The summed E-state index contributed by atoms with van der Waals surface area (Å²) in [6, 6.07) is 9.29. The molecule has 1 heterocycles. The second kappa shape index (κ2) is 9.06. The maximum absolute atomic E-state index is 11.6. The van der Waals surface area contributed by atoms with Crippen LogP contribution in [0, 0.1) is 17.8 Å². The summed E-state index contributed by atoms with van der Waals surface area (Å²) in [5.74, 6) is 2.27. The van der Waals surface area contributed by atoms with Crippen LogP contribution in [0.3, 0.4) is 0 Å². The van der Waals surface area contributed by atoms with E-state index in [-0.39, 0.29) is 11.6 Å². The first-order chi connectivity index (χ1) is 15.9. The van der Waals surface area contributed by atoms with Gasteiger partial charge in [0.05, 0.1) is 12.1 Å². The molecule has 7 nitrogen and oxygen atoms in total. The van der Waals surface area contributed by atoms with Crippen LogP contribution in [0.25, 0.3) is 0 Å². The van der Waals surface area contributed by atoms with Crippen LogP contribution in [-0.4, -0.2) is 22.2 Å². The van der Waals surface area contributed by atoms with Gasteiger partial charge in [-0.3, -0.25) is 10.0 Å². The SMILES string of the molecule is NC(=O)Oc1nc(CC(=O)NO)c(CCCc2ccc(C34CC5CC(CC(C5)C3)C4)cc2)s1. The zero-order valence-electron chi connectivity index (χ0n) is 18.7. The molecule has 0 aliphatic heterocycles. The van der Waals surface area contributed by atoms with E-state index < -0.39 is 12.0 Å². The molecule has 4 bridgehead atoms. The van der Waals surface area contributed by atoms with Gasteiger partial charge in [0.25, 0.3) is 5.19 Å². The number of aromatic nitrogens is 1. The summed E-state index contributed by atoms with van der Waals surface area (Å²) in [4.78, 5) is 27.7. The van der Waals surface area contributed by atoms with E-state index in [1.807, 2.05) is 0 Å². The van der Waals surface area contributed by atoms with E-state index in [1.165, 1.54) is 55.4 Å². The Bertz CT molecular complexity index is 997. The Labute approximate surface area is 197 Å². The highest BCUT2D eigenvalue weighted by molar-refractivity contribution is 7.13. The number of ether oxygens (including phenoxy) is 1. The fraction of sp³-hybridized carbons (Fsp3) is 0.560. The number of carbonyl (C=O) groups excluding carboxylic acids is 2. The standard InChI is InChI=1S/C25H31N3O4S/c26-23(30)32-24-27-20(11-22(29)28-31)21(33-24)3-1-2-15-4-6-19(7-5-15)25-12-16-8-17(13-25)10-18(9-16)14-25/h4-7,16-18,31H,1-3,8-14H2,(H2,26,30)(H,28,29). The zero-order chi connectivity index (χ0) is 23.0. The molecule has 0 radical (unpaired) electrons. The second-order valence-corrected chi connectivity index (χ2v) is 11.3. The van der Waals surface area contributed by atoms with Crippen molar-refractivity contribution < 1.29 is 19.5 Å². The fourth-order valence-corrected chi connectivity index (χ4v) is 7.93. The smallest absolute Gasteiger partial charge is 0.381 e. The van der Waals surface area contributed by atoms with E-state index in [0.717, 1.165) is 35.5 Å². The molecular formula is C25H31N3O4S. The van der Waals surface area contributed by atoms with E-state index in [9.17, 15) is 9.59 Å². The Kier molecular flexibility index (Phi) is 6.14. The van der Waals surface area contributed by atoms with Crippen LogP contribution in [-0.2, 0) is 29.5 Å². The van der Waals surface area contributed by atoms with Gasteiger partial charge in [-0.15, -0.1) is 0 Å². The van der Waals surface area contributed by atoms with Crippen molar-refractivity contribution in [3.8, 4) is 5.19 Å². The van der Waals surface area contributed by atoms with E-state index in [2.05, 4.69) is 29.2 Å². The summed E-state index contributed by atoms with van der Waals surface area (Å²) < 4.78 is 4.88. The van der Waals surface area contributed by atoms with Crippen LogP contribution < -0.4 is 16.0 Å². The monoisotopic (exact) mass is 469 g/mol. The first-order valence-corrected chi connectivity index (χ1v) is 12.7. The zero-order valence-corrected chi connectivity index (χ0v) is 19.5. The lowest BCUT2D eigenvalue weighted by Gasteiger charge is -2.57. The average Bonchev–Trinajstić information content (AvgIpc) is 3.13. The third-order valence-corrected chi connectivity index (χ3v) is 8.91. The Morgan fingerprint density at radius 2 is 1.73 bits per heavy atom. The molecule has 0 unspecified atom stereocenters. The number of thiazole rings is 1. The highest BCUT2D eigenvalue weighted by Crippen LogP contribution is 2.60. The summed E-state index contributed by atoms with van der Waals surface area (Å²) in [6.07, 6.45) is 9.99. The molecule has 2 amide bonds. The quantitative estimate of drug-likeness (QED) is 0.394. The van der Waals surface area contributed by atoms with Crippen molar-refractivity contribution in [2.45, 2.75) is 69.6 Å². The molecule has 33 heavy (non-hydrogen) atoms. The fourth-order valence-electron chi connectivity index (χ4n) is 6.96. The van der Waals surface area contributed by atoms with Gasteiger partial charge in [-0.05, 0) is 92.1 Å². The molecule has 4 aliphatic rings. The lowest BCUT2D eigenvalue weighted by Crippen LogP contribution is -2.48. The van der Waals surface area contributed by atoms with Gasteiger partial charge in [0.2, 0.25) is 5.91 Å². The van der Waals surface area contributed by atoms with Gasteiger partial charge in [0.15, 0.2) is 0 Å². The van der Waals surface area contributed by atoms with Crippen LogP contribution in [0.15, 0.2) is 24.3 Å². The molecule has 0 atom stereocenters. The number of hydrogen-bond acceptors (Lipinski definition) is 6. The Balaban J connectivity index is 1.21. The van der Waals surface area contributed by atoms with E-state index in [1.54, 1.807) is 11.0 Å². The predicted octanol–water partition coefficient (Wildman–Crippen LogP) is 4.29. The third kappa shape index (κ3) is 4.77. The Morgan fingerprint density at radius 3 is 2.30 bits per heavy atom. The highest BCUT2D eigenvalue weighted by Gasteiger charge is 2.51. The number of carbonyl (C=O) groups is 2. The molecular weight excluding hydrogens is 438 g/mol. The van der Waals surface area contributed by atoms with Gasteiger partial charge in [-0.25, -0.2) is 15.3 Å². The molecule has 8 heteroatoms. The van der Waals surface area contributed by atoms with Crippen LogP contribution >= 0.6 is 11.3 Å². The number of amides is 2. The average molecular weight is 470 g/mol. The van der Waals surface area contributed by atoms with Crippen molar-refractivity contribution in [1.29, 1.82) is 0 Å². The Hall–Kier alpha value is -2.45. The molecule has 176 valence electrons. The lowest BCUT2D eigenvalue weighted by atomic mass is 9.48. The predicted molar refractivity (Wildman–Crippen MR) is 124 cm³/mol. The van der Waals surface area contributed by atoms with Crippen molar-refractivity contribution in [1.82, 2.24) is 10.5 Å². The number of benzene rings is 1. The maximum atomic E-state index is 11.6. The van der Waals surface area contributed by atoms with E-state index in [0.29, 0.717) is 17.5 Å². The normalized spacial score (nSPS) is 27.5. The van der Waals surface area contributed by atoms with Gasteiger partial charge in [-0.2, -0.15) is 0 Å². The lowest BCUT2D eigenvalue weighted by molar-refractivity contribution is -0.128. The first-order valence-electron chi connectivity index (χ1n) is 11.9. The number of rotatable bonds is 8. The minimum Gasteiger partial charge on any atom is -0.381 e. The van der Waals surface area contributed by atoms with Gasteiger partial charge in [-0.1, -0.05) is 35.6 Å². The maximum Gasteiger partial charge on any atom is 0.411 e. The third-order valence-electron chi connectivity index (χ3n) is 7.87. The van der Waals surface area contributed by atoms with Crippen molar-refractivity contribution in [3.63, 3.8) is 0 Å². The molecule has 4 N–H and O–H groups in total. The summed E-state index contributed by atoms with van der Waals surface area (Å²) in [5, 5.41) is 8.95. The number of aryl methyl sites for hydroxylation is 2. The molecule has 1 aromatic heterocycles. The number of nitrogens with two attached hydrogens (primary N) is 1. The van der Waals surface area contributed by atoms with Crippen molar-refractivity contribution in [2.75, 3.05) is 0 Å². The summed E-state index contributed by atoms with van der Waals surface area (Å²) in [6.45, 7) is 0. The van der Waals surface area contributed by atoms with Gasteiger partial charge < -0.3 is 10.5 Å². The summed E-state index contributed by atoms with van der Waals surface area (Å²) in [5.41, 5.74) is 10.5. The van der Waals surface area contributed by atoms with Gasteiger partial charge >= 0.3 is 6.09 Å². The molecule has 0 saturated heterocycles. The summed E-state index contributed by atoms with van der Waals surface area (Å²) >= 11 is 1.21. The molecule has 4 saturated carbocycles. The minimum atomic E-state index is -0.937. The topological polar surface area (TPSA) is 115 Å². The Morgan fingerprint density at radius 1 is 1.09 bits per heavy atom. The van der Waals surface area contributed by atoms with Gasteiger partial charge in [0, 0.05) is 4.88 Å². The second-order valence-electron chi connectivity index (χ2n) is 10.2. The molecule has 6 rings (SSSR count). The van der Waals surface area contributed by atoms with Crippen LogP contribution in [0.4, 0.5) is 4.79 Å². The van der Waals surface area contributed by atoms with Crippen LogP contribution in [0.1, 0.15) is 66.6 Å². The number of nitrogens with one attached hydrogen (secondary N) is 1. The van der Waals surface area contributed by atoms with Gasteiger partial charge in [0.1, 0.15) is 0 Å². The molecule has 2 aromatic rings. The van der Waals surface area contributed by atoms with E-state index >= 15 is 0 Å². The first kappa shape index (κ1) is 22.3. The van der Waals surface area contributed by atoms with E-state index in [4.69, 9.17) is 15.7 Å². The van der Waals surface area contributed by atoms with Crippen molar-refractivity contribution in [3.05, 3.63) is 46.0 Å². The van der Waals surface area contributed by atoms with Crippen molar-refractivity contribution >= 4 is 23.3 Å². The molecule has 0 spiro atoms. The minimum absolute atomic E-state index is 0.0791. The number of nitrogens with zero attached hydrogens (tertiary/aromatic N) is 1. The van der Waals surface area contributed by atoms with Crippen LogP contribution in [0.5, 0.6) is 5.19 Å².